The number of thiophene rings is 1. The number of aliphatic carboxylic acids is 1. The summed E-state index contributed by atoms with van der Waals surface area (Å²) in [7, 11) is -3.11. The third-order valence-corrected chi connectivity index (χ3v) is 6.63. The van der Waals surface area contributed by atoms with Crippen LogP contribution in [0, 0.1) is 5.41 Å². The highest BCUT2D eigenvalue weighted by atomic mass is 32.2. The largest absolute Gasteiger partial charge is 0.490 e. The predicted molar refractivity (Wildman–Crippen MR) is 102 cm³/mol. The van der Waals surface area contributed by atoms with Gasteiger partial charge in [-0.2, -0.15) is 13.2 Å². The number of hydrogen-bond acceptors (Lipinski definition) is 6. The second kappa shape index (κ2) is 9.73. The van der Waals surface area contributed by atoms with Gasteiger partial charge in [0, 0.05) is 43.1 Å². The Hall–Kier alpha value is -1.21. The van der Waals surface area contributed by atoms with Gasteiger partial charge in [-0.25, -0.2) is 17.9 Å². The zero-order valence-corrected chi connectivity index (χ0v) is 17.6. The molecule has 0 radical (unpaired) electrons. The molecule has 1 aromatic rings. The maximum atomic E-state index is 11.3. The van der Waals surface area contributed by atoms with Crippen LogP contribution in [-0.2, 0) is 26.1 Å². The molecular formula is C17H25F3N2O5S2. The number of carboxylic acid groups (broad SMARTS) is 1. The number of carbonyl (C=O) groups is 1. The number of carboxylic acids is 1. The third-order valence-electron chi connectivity index (χ3n) is 5.04. The van der Waals surface area contributed by atoms with Gasteiger partial charge in [0.1, 0.15) is 0 Å². The SMILES string of the molecule is CS(=O)(=O)NCC[C@@]12CCO[C@@H]1CCN(Cc1cccs1)C2.O=C(O)C(F)(F)F. The highest BCUT2D eigenvalue weighted by Crippen LogP contribution is 2.43. The van der Waals surface area contributed by atoms with Gasteiger partial charge in [-0.05, 0) is 30.7 Å². The Morgan fingerprint density at radius 2 is 2.17 bits per heavy atom. The Kier molecular flexibility index (Phi) is 8.08. The van der Waals surface area contributed by atoms with E-state index in [0.29, 0.717) is 6.54 Å². The van der Waals surface area contributed by atoms with E-state index < -0.39 is 22.2 Å². The van der Waals surface area contributed by atoms with E-state index in [9.17, 15) is 21.6 Å². The van der Waals surface area contributed by atoms with E-state index in [1.807, 2.05) is 0 Å². The number of likely N-dealkylation sites (tertiary alicyclic amines) is 1. The Bertz CT molecular complexity index is 771. The first-order valence-electron chi connectivity index (χ1n) is 9.02. The number of sulfonamides is 1. The molecule has 0 amide bonds. The molecule has 2 atom stereocenters. The van der Waals surface area contributed by atoms with Gasteiger partial charge in [-0.15, -0.1) is 11.3 Å². The van der Waals surface area contributed by atoms with Gasteiger partial charge >= 0.3 is 12.1 Å². The summed E-state index contributed by atoms with van der Waals surface area (Å²) in [5, 5.41) is 9.24. The number of nitrogens with one attached hydrogen (secondary N) is 1. The third kappa shape index (κ3) is 7.52. The van der Waals surface area contributed by atoms with E-state index in [4.69, 9.17) is 14.6 Å². The number of ether oxygens (including phenoxy) is 1. The molecule has 0 aromatic carbocycles. The normalized spacial score (nSPS) is 25.2. The van der Waals surface area contributed by atoms with Crippen molar-refractivity contribution in [3.8, 4) is 0 Å². The Morgan fingerprint density at radius 1 is 1.48 bits per heavy atom. The second-order valence-corrected chi connectivity index (χ2v) is 10.1. The summed E-state index contributed by atoms with van der Waals surface area (Å²) in [5.41, 5.74) is 0.104. The monoisotopic (exact) mass is 458 g/mol. The summed E-state index contributed by atoms with van der Waals surface area (Å²) in [6.07, 6.45) is -0.648. The fourth-order valence-corrected chi connectivity index (χ4v) is 4.96. The molecule has 2 aliphatic heterocycles. The minimum Gasteiger partial charge on any atom is -0.475 e. The van der Waals surface area contributed by atoms with Crippen LogP contribution in [0.2, 0.25) is 0 Å². The zero-order valence-electron chi connectivity index (χ0n) is 15.9. The van der Waals surface area contributed by atoms with Crippen molar-refractivity contribution < 1.29 is 36.2 Å². The molecule has 3 heterocycles. The highest BCUT2D eigenvalue weighted by Gasteiger charge is 2.47. The first-order valence-corrected chi connectivity index (χ1v) is 11.8. The van der Waals surface area contributed by atoms with Gasteiger partial charge in [-0.3, -0.25) is 4.90 Å². The highest BCUT2D eigenvalue weighted by molar-refractivity contribution is 7.88. The Morgan fingerprint density at radius 3 is 2.72 bits per heavy atom. The number of halogens is 3. The van der Waals surface area contributed by atoms with Crippen molar-refractivity contribution >= 4 is 27.3 Å². The average Bonchev–Trinajstić information content (AvgIpc) is 3.22. The van der Waals surface area contributed by atoms with Gasteiger partial charge in [0.25, 0.3) is 0 Å². The van der Waals surface area contributed by atoms with Gasteiger partial charge in [-0.1, -0.05) is 6.07 Å². The Labute approximate surface area is 171 Å². The van der Waals surface area contributed by atoms with E-state index in [1.54, 1.807) is 11.3 Å². The van der Waals surface area contributed by atoms with Crippen LogP contribution >= 0.6 is 11.3 Å². The number of alkyl halides is 3. The zero-order chi connectivity index (χ0) is 21.7. The summed E-state index contributed by atoms with van der Waals surface area (Å²) in [5.74, 6) is -2.76. The van der Waals surface area contributed by atoms with E-state index >= 15 is 0 Å². The van der Waals surface area contributed by atoms with E-state index in [-0.39, 0.29) is 11.5 Å². The molecule has 12 heteroatoms. The van der Waals surface area contributed by atoms with Crippen LogP contribution in [0.4, 0.5) is 13.2 Å². The molecule has 1 aromatic heterocycles. The lowest BCUT2D eigenvalue weighted by Crippen LogP contribution is -2.50. The van der Waals surface area contributed by atoms with Crippen LogP contribution in [0.5, 0.6) is 0 Å². The average molecular weight is 459 g/mol. The molecule has 7 nitrogen and oxygen atoms in total. The summed E-state index contributed by atoms with van der Waals surface area (Å²) in [6.45, 7) is 4.36. The number of fused-ring (bicyclic) bond motifs is 1. The maximum Gasteiger partial charge on any atom is 0.490 e. The van der Waals surface area contributed by atoms with Crippen LogP contribution < -0.4 is 4.72 Å². The molecule has 29 heavy (non-hydrogen) atoms. The number of rotatable bonds is 6. The molecule has 0 saturated carbocycles. The van der Waals surface area contributed by atoms with Gasteiger partial charge in [0.2, 0.25) is 10.0 Å². The van der Waals surface area contributed by atoms with Gasteiger partial charge < -0.3 is 9.84 Å². The summed E-state index contributed by atoms with van der Waals surface area (Å²) in [4.78, 5) is 12.8. The van der Waals surface area contributed by atoms with Crippen molar-refractivity contribution in [3.05, 3.63) is 22.4 Å². The fourth-order valence-electron chi connectivity index (χ4n) is 3.75. The summed E-state index contributed by atoms with van der Waals surface area (Å²) in [6, 6.07) is 4.27. The molecule has 2 saturated heterocycles. The molecule has 2 fully saturated rings. The Balaban J connectivity index is 0.000000370. The molecule has 2 N–H and O–H groups in total. The van der Waals surface area contributed by atoms with E-state index in [0.717, 1.165) is 45.5 Å². The van der Waals surface area contributed by atoms with Crippen molar-refractivity contribution in [1.29, 1.82) is 0 Å². The molecule has 0 bridgehead atoms. The van der Waals surface area contributed by atoms with E-state index in [1.165, 1.54) is 11.1 Å². The van der Waals surface area contributed by atoms with Crippen molar-refractivity contribution in [2.75, 3.05) is 32.5 Å². The van der Waals surface area contributed by atoms with Crippen LogP contribution in [0.15, 0.2) is 17.5 Å². The minimum atomic E-state index is -5.08. The lowest BCUT2D eigenvalue weighted by Gasteiger charge is -2.43. The van der Waals surface area contributed by atoms with Crippen LogP contribution in [-0.4, -0.2) is 69.2 Å². The summed E-state index contributed by atoms with van der Waals surface area (Å²) >= 11 is 1.80. The second-order valence-electron chi connectivity index (χ2n) is 7.27. The van der Waals surface area contributed by atoms with Crippen molar-refractivity contribution in [3.63, 3.8) is 0 Å². The number of piperidine rings is 1. The summed E-state index contributed by atoms with van der Waals surface area (Å²) < 4.78 is 62.9. The molecule has 166 valence electrons. The van der Waals surface area contributed by atoms with Gasteiger partial charge in [0.15, 0.2) is 0 Å². The maximum absolute atomic E-state index is 11.3. The first kappa shape index (κ1) is 24.1. The smallest absolute Gasteiger partial charge is 0.475 e. The lowest BCUT2D eigenvalue weighted by molar-refractivity contribution is -0.192. The van der Waals surface area contributed by atoms with Crippen molar-refractivity contribution in [2.24, 2.45) is 5.41 Å². The molecule has 0 spiro atoms. The van der Waals surface area contributed by atoms with E-state index in [2.05, 4.69) is 27.1 Å². The molecular weight excluding hydrogens is 433 g/mol. The quantitative estimate of drug-likeness (QED) is 0.679. The van der Waals surface area contributed by atoms with Crippen LogP contribution in [0.25, 0.3) is 0 Å². The lowest BCUT2D eigenvalue weighted by atomic mass is 9.74. The molecule has 0 aliphatic carbocycles. The fraction of sp³-hybridized carbons (Fsp3) is 0.706. The standard InChI is InChI=1S/C15H24N2O3S2.C2HF3O2/c1-22(18,19)16-7-5-15-6-9-20-14(15)4-8-17(12-15)11-13-3-2-10-21-13;3-2(4,5)1(6)7/h2-3,10,14,16H,4-9,11-12H2,1H3;(H,6,7)/t14-,15+;/m1./s1. The van der Waals surface area contributed by atoms with Crippen molar-refractivity contribution in [2.45, 2.75) is 38.1 Å². The molecule has 3 rings (SSSR count). The topological polar surface area (TPSA) is 95.9 Å². The number of nitrogens with zero attached hydrogens (tertiary/aromatic N) is 1. The van der Waals surface area contributed by atoms with Gasteiger partial charge in [0.05, 0.1) is 12.4 Å². The van der Waals surface area contributed by atoms with Crippen LogP contribution in [0.1, 0.15) is 24.1 Å². The minimum absolute atomic E-state index is 0.104. The first-order chi connectivity index (χ1) is 13.4. The predicted octanol–water partition coefficient (Wildman–Crippen LogP) is 2.30. The number of hydrogen-bond donors (Lipinski definition) is 2. The van der Waals surface area contributed by atoms with Crippen molar-refractivity contribution in [1.82, 2.24) is 9.62 Å². The molecule has 0 unspecified atom stereocenters. The molecule has 2 aliphatic rings. The van der Waals surface area contributed by atoms with Crippen LogP contribution in [0.3, 0.4) is 0 Å².